The van der Waals surface area contributed by atoms with Crippen molar-refractivity contribution in [2.45, 2.75) is 0 Å². The molecule has 0 aliphatic rings. The Morgan fingerprint density at radius 3 is 1.08 bits per heavy atom. The lowest BCUT2D eigenvalue weighted by Gasteiger charge is -2.04. The first-order valence-electron chi connectivity index (χ1n) is 6.47. The van der Waals surface area contributed by atoms with Crippen LogP contribution in [-0.4, -0.2) is 42.2 Å². The van der Waals surface area contributed by atoms with E-state index < -0.39 is 46.1 Å². The number of ketones is 2. The summed E-state index contributed by atoms with van der Waals surface area (Å²) in [5, 5.41) is 55.8. The Morgan fingerprint density at radius 1 is 0.583 bits per heavy atom. The van der Waals surface area contributed by atoms with Gasteiger partial charge in [0.15, 0.2) is 46.1 Å². The van der Waals surface area contributed by atoms with Gasteiger partial charge in [0.05, 0.1) is 0 Å². The summed E-state index contributed by atoms with van der Waals surface area (Å²) in [6.07, 6.45) is 1.68. The Labute approximate surface area is 134 Å². The lowest BCUT2D eigenvalue weighted by molar-refractivity contribution is 0.102. The van der Waals surface area contributed by atoms with Crippen LogP contribution in [0.15, 0.2) is 36.4 Å². The standard InChI is InChI=1S/C16H12O8/c17-9(7-3-11(19)15(23)12(20)4-7)1-2-10(18)8-5-13(21)16(24)14(22)6-8/h1-6,19-24H/b2-1-. The van der Waals surface area contributed by atoms with Crippen molar-refractivity contribution in [3.05, 3.63) is 47.5 Å². The van der Waals surface area contributed by atoms with Crippen LogP contribution >= 0.6 is 0 Å². The Bertz CT molecular complexity index is 749. The van der Waals surface area contributed by atoms with Gasteiger partial charge in [-0.1, -0.05) is 0 Å². The predicted octanol–water partition coefficient (Wildman–Crippen LogP) is 1.54. The van der Waals surface area contributed by atoms with Gasteiger partial charge in [0, 0.05) is 11.1 Å². The lowest BCUT2D eigenvalue weighted by atomic mass is 10.1. The maximum atomic E-state index is 11.9. The number of phenolic OH excluding ortho intramolecular Hbond substituents is 6. The summed E-state index contributed by atoms with van der Waals surface area (Å²) in [6.45, 7) is 0. The van der Waals surface area contributed by atoms with Gasteiger partial charge < -0.3 is 30.6 Å². The van der Waals surface area contributed by atoms with E-state index in [1.165, 1.54) is 0 Å². The number of rotatable bonds is 4. The fourth-order valence-electron chi connectivity index (χ4n) is 1.84. The molecule has 6 N–H and O–H groups in total. The molecule has 0 spiro atoms. The van der Waals surface area contributed by atoms with Crippen molar-refractivity contribution in [2.24, 2.45) is 0 Å². The highest BCUT2D eigenvalue weighted by molar-refractivity contribution is 6.12. The summed E-state index contributed by atoms with van der Waals surface area (Å²) in [5.74, 6) is -5.86. The molecule has 0 unspecified atom stereocenters. The van der Waals surface area contributed by atoms with Gasteiger partial charge in [-0.3, -0.25) is 9.59 Å². The van der Waals surface area contributed by atoms with Crippen molar-refractivity contribution in [2.75, 3.05) is 0 Å². The minimum Gasteiger partial charge on any atom is -0.504 e. The van der Waals surface area contributed by atoms with E-state index in [-0.39, 0.29) is 11.1 Å². The van der Waals surface area contributed by atoms with Gasteiger partial charge >= 0.3 is 0 Å². The largest absolute Gasteiger partial charge is 0.504 e. The molecular weight excluding hydrogens is 320 g/mol. The monoisotopic (exact) mass is 332 g/mol. The van der Waals surface area contributed by atoms with E-state index in [9.17, 15) is 40.2 Å². The number of carbonyl (C=O) groups excluding carboxylic acids is 2. The molecule has 8 heteroatoms. The smallest absolute Gasteiger partial charge is 0.200 e. The number of hydrogen-bond donors (Lipinski definition) is 6. The number of phenols is 6. The zero-order chi connectivity index (χ0) is 18.0. The molecule has 0 amide bonds. The van der Waals surface area contributed by atoms with E-state index in [2.05, 4.69) is 0 Å². The molecule has 0 aliphatic heterocycles. The van der Waals surface area contributed by atoms with Crippen molar-refractivity contribution < 1.29 is 40.2 Å². The molecule has 0 heterocycles. The second kappa shape index (κ2) is 6.21. The third-order valence-electron chi connectivity index (χ3n) is 3.09. The number of benzene rings is 2. The maximum absolute atomic E-state index is 11.9. The van der Waals surface area contributed by atoms with Crippen molar-refractivity contribution in [1.29, 1.82) is 0 Å². The van der Waals surface area contributed by atoms with Crippen LogP contribution in [0.4, 0.5) is 0 Å². The van der Waals surface area contributed by atoms with Crippen LogP contribution in [0.2, 0.25) is 0 Å². The van der Waals surface area contributed by atoms with Crippen LogP contribution in [0.25, 0.3) is 0 Å². The molecule has 0 radical (unpaired) electrons. The Morgan fingerprint density at radius 2 is 0.833 bits per heavy atom. The number of carbonyl (C=O) groups is 2. The molecule has 0 saturated heterocycles. The van der Waals surface area contributed by atoms with Gasteiger partial charge in [-0.2, -0.15) is 0 Å². The fourth-order valence-corrected chi connectivity index (χ4v) is 1.84. The molecule has 124 valence electrons. The third kappa shape index (κ3) is 3.22. The molecule has 24 heavy (non-hydrogen) atoms. The Balaban J connectivity index is 2.24. The van der Waals surface area contributed by atoms with Crippen molar-refractivity contribution in [3.8, 4) is 34.5 Å². The van der Waals surface area contributed by atoms with E-state index in [1.54, 1.807) is 0 Å². The van der Waals surface area contributed by atoms with Crippen LogP contribution in [-0.2, 0) is 0 Å². The fraction of sp³-hybridized carbons (Fsp3) is 0. The predicted molar refractivity (Wildman–Crippen MR) is 80.7 cm³/mol. The zero-order valence-electron chi connectivity index (χ0n) is 12.0. The zero-order valence-corrected chi connectivity index (χ0v) is 12.0. The Kier molecular flexibility index (Phi) is 4.32. The molecule has 2 aromatic rings. The van der Waals surface area contributed by atoms with Gasteiger partial charge in [-0.15, -0.1) is 0 Å². The second-order valence-electron chi connectivity index (χ2n) is 4.79. The quantitative estimate of drug-likeness (QED) is 0.280. The van der Waals surface area contributed by atoms with Gasteiger partial charge in [-0.05, 0) is 36.4 Å². The highest BCUT2D eigenvalue weighted by Gasteiger charge is 2.14. The SMILES string of the molecule is O=C(/C=C\C(=O)c1cc(O)c(O)c(O)c1)c1cc(O)c(O)c(O)c1. The highest BCUT2D eigenvalue weighted by Crippen LogP contribution is 2.36. The first-order valence-corrected chi connectivity index (χ1v) is 6.47. The van der Waals surface area contributed by atoms with Gasteiger partial charge in [-0.25, -0.2) is 0 Å². The van der Waals surface area contributed by atoms with Crippen molar-refractivity contribution >= 4 is 11.6 Å². The maximum Gasteiger partial charge on any atom is 0.200 e. The van der Waals surface area contributed by atoms with E-state index in [0.717, 1.165) is 36.4 Å². The van der Waals surface area contributed by atoms with E-state index in [4.69, 9.17) is 0 Å². The van der Waals surface area contributed by atoms with Gasteiger partial charge in [0.1, 0.15) is 0 Å². The summed E-state index contributed by atoms with van der Waals surface area (Å²) in [5.41, 5.74) is -0.355. The average Bonchev–Trinajstić information content (AvgIpc) is 2.53. The van der Waals surface area contributed by atoms with Gasteiger partial charge in [0.2, 0.25) is 0 Å². The summed E-state index contributed by atoms with van der Waals surface area (Å²) >= 11 is 0. The first kappa shape index (κ1) is 16.7. The third-order valence-corrected chi connectivity index (χ3v) is 3.09. The molecular formula is C16H12O8. The van der Waals surface area contributed by atoms with Crippen molar-refractivity contribution in [3.63, 3.8) is 0 Å². The summed E-state index contributed by atoms with van der Waals surface area (Å²) in [6, 6.07) is 3.63. The summed E-state index contributed by atoms with van der Waals surface area (Å²) < 4.78 is 0. The van der Waals surface area contributed by atoms with E-state index in [0.29, 0.717) is 0 Å². The minimum absolute atomic E-state index is 0.178. The average molecular weight is 332 g/mol. The topological polar surface area (TPSA) is 156 Å². The van der Waals surface area contributed by atoms with Crippen molar-refractivity contribution in [1.82, 2.24) is 0 Å². The molecule has 0 fully saturated rings. The number of hydrogen-bond acceptors (Lipinski definition) is 8. The molecule has 2 rings (SSSR count). The molecule has 0 atom stereocenters. The summed E-state index contributed by atoms with van der Waals surface area (Å²) in [7, 11) is 0. The van der Waals surface area contributed by atoms with Crippen LogP contribution in [0.1, 0.15) is 20.7 Å². The lowest BCUT2D eigenvalue weighted by Crippen LogP contribution is -1.98. The van der Waals surface area contributed by atoms with Crippen LogP contribution in [0.3, 0.4) is 0 Å². The van der Waals surface area contributed by atoms with E-state index in [1.807, 2.05) is 0 Å². The summed E-state index contributed by atoms with van der Waals surface area (Å²) in [4.78, 5) is 23.8. The van der Waals surface area contributed by atoms with Crippen LogP contribution in [0.5, 0.6) is 34.5 Å². The Hall–Kier alpha value is -3.68. The number of aromatic hydroxyl groups is 6. The molecule has 0 bridgehead atoms. The first-order chi connectivity index (χ1) is 11.2. The highest BCUT2D eigenvalue weighted by atomic mass is 16.3. The van der Waals surface area contributed by atoms with Crippen LogP contribution < -0.4 is 0 Å². The minimum atomic E-state index is -0.776. The molecule has 0 saturated carbocycles. The molecule has 0 aliphatic carbocycles. The number of allylic oxidation sites excluding steroid dienone is 2. The molecule has 0 aromatic heterocycles. The van der Waals surface area contributed by atoms with Crippen LogP contribution in [0, 0.1) is 0 Å². The molecule has 8 nitrogen and oxygen atoms in total. The van der Waals surface area contributed by atoms with Gasteiger partial charge in [0.25, 0.3) is 0 Å². The normalized spacial score (nSPS) is 10.8. The second-order valence-corrected chi connectivity index (χ2v) is 4.79. The molecule has 2 aromatic carbocycles. The van der Waals surface area contributed by atoms with E-state index >= 15 is 0 Å².